The fourth-order valence-corrected chi connectivity index (χ4v) is 0.178. The maximum absolute atomic E-state index is 12.1. The molecule has 0 spiro atoms. The average molecular weight is 161 g/mol. The summed E-state index contributed by atoms with van der Waals surface area (Å²) >= 11 is 9.39. The maximum atomic E-state index is 12.1. The van der Waals surface area contributed by atoms with Gasteiger partial charge >= 0.3 is 0 Å². The van der Waals surface area contributed by atoms with Crippen LogP contribution in [0.15, 0.2) is 12.7 Å². The van der Waals surface area contributed by atoms with Gasteiger partial charge in [0.05, 0.1) is 0 Å². The number of alkyl halides is 4. The van der Waals surface area contributed by atoms with Gasteiger partial charge in [-0.1, -0.05) is 29.8 Å². The summed E-state index contributed by atoms with van der Waals surface area (Å²) in [5.41, 5.74) is -2.23. The van der Waals surface area contributed by atoms with E-state index in [4.69, 9.17) is 11.6 Å². The van der Waals surface area contributed by atoms with Gasteiger partial charge in [0.25, 0.3) is 0 Å². The molecule has 0 radical (unpaired) electrons. The van der Waals surface area contributed by atoms with Crippen molar-refractivity contribution in [1.82, 2.24) is 0 Å². The van der Waals surface area contributed by atoms with Crippen LogP contribution in [0.1, 0.15) is 0 Å². The van der Waals surface area contributed by atoms with Crippen LogP contribution in [0.5, 0.6) is 0 Å². The molecule has 0 aliphatic carbocycles. The molecule has 0 aromatic heterocycles. The van der Waals surface area contributed by atoms with Crippen LogP contribution in [0.25, 0.3) is 0 Å². The van der Waals surface area contributed by atoms with Gasteiger partial charge in [-0.25, -0.2) is 8.78 Å². The van der Waals surface area contributed by atoms with Crippen molar-refractivity contribution in [3.63, 3.8) is 0 Å². The molecule has 0 fully saturated rings. The van der Waals surface area contributed by atoms with Crippen LogP contribution < -0.4 is 0 Å². The molecule has 0 nitrogen and oxygen atoms in total. The van der Waals surface area contributed by atoms with Gasteiger partial charge in [0.15, 0.2) is 0 Å². The summed E-state index contributed by atoms with van der Waals surface area (Å²) in [6.45, 7) is 2.92. The van der Waals surface area contributed by atoms with Crippen LogP contribution in [0.3, 0.4) is 0 Å². The van der Waals surface area contributed by atoms with Crippen LogP contribution >= 0.6 is 23.2 Å². The predicted octanol–water partition coefficient (Wildman–Crippen LogP) is 2.61. The smallest absolute Gasteiger partial charge is 0.225 e. The normalized spacial score (nSPS) is 21.5. The Bertz CT molecular complexity index is 90.0. The van der Waals surface area contributed by atoms with Crippen molar-refractivity contribution >= 4 is 23.2 Å². The molecule has 0 aliphatic rings. The van der Waals surface area contributed by atoms with Crippen molar-refractivity contribution in [3.8, 4) is 0 Å². The first kappa shape index (κ1) is 8.18. The molecular formula is C4H4Cl2F2. The monoisotopic (exact) mass is 160 g/mol. The molecule has 0 heterocycles. The van der Waals surface area contributed by atoms with Crippen LogP contribution in [0, 0.1) is 0 Å². The van der Waals surface area contributed by atoms with E-state index in [2.05, 4.69) is 18.2 Å². The Morgan fingerprint density at radius 1 is 1.75 bits per heavy atom. The molecule has 0 aromatic rings. The van der Waals surface area contributed by atoms with Gasteiger partial charge in [0.2, 0.25) is 10.8 Å². The van der Waals surface area contributed by atoms with E-state index < -0.39 is 10.8 Å². The Hall–Kier alpha value is 0.180. The van der Waals surface area contributed by atoms with Crippen LogP contribution in [-0.2, 0) is 0 Å². The highest BCUT2D eigenvalue weighted by atomic mass is 35.5. The summed E-state index contributed by atoms with van der Waals surface area (Å²) in [4.78, 5) is 0. The molecule has 4 heteroatoms. The summed E-state index contributed by atoms with van der Waals surface area (Å²) in [5, 5.41) is -2.62. The summed E-state index contributed by atoms with van der Waals surface area (Å²) in [5.74, 6) is 0. The van der Waals surface area contributed by atoms with Crippen molar-refractivity contribution in [2.75, 3.05) is 0 Å². The highest BCUT2D eigenvalue weighted by Crippen LogP contribution is 2.27. The molecular weight excluding hydrogens is 157 g/mol. The number of halogens is 4. The van der Waals surface area contributed by atoms with E-state index in [1.807, 2.05) is 0 Å². The molecule has 8 heavy (non-hydrogen) atoms. The molecule has 0 bridgehead atoms. The van der Waals surface area contributed by atoms with E-state index in [0.29, 0.717) is 6.08 Å². The lowest BCUT2D eigenvalue weighted by Crippen LogP contribution is -2.19. The number of hydrogen-bond donors (Lipinski definition) is 0. The summed E-state index contributed by atoms with van der Waals surface area (Å²) < 4.78 is 23.7. The van der Waals surface area contributed by atoms with Gasteiger partial charge in [-0.15, -0.1) is 0 Å². The van der Waals surface area contributed by atoms with Gasteiger partial charge in [-0.2, -0.15) is 0 Å². The minimum absolute atomic E-state index is 0.603. The quantitative estimate of drug-likeness (QED) is 0.431. The van der Waals surface area contributed by atoms with E-state index >= 15 is 0 Å². The predicted molar refractivity (Wildman–Crippen MR) is 30.6 cm³/mol. The number of allylic oxidation sites excluding steroid dienone is 1. The highest BCUT2D eigenvalue weighted by Gasteiger charge is 2.32. The second kappa shape index (κ2) is 2.65. The highest BCUT2D eigenvalue weighted by molar-refractivity contribution is 6.31. The standard InChI is InChI=1S/C4H4Cl2F2/c1-2-4(6,8)3(5)7/h2-3H,1H2. The zero-order chi connectivity index (χ0) is 6.78. The summed E-state index contributed by atoms with van der Waals surface area (Å²) in [6, 6.07) is 0. The third-order valence-corrected chi connectivity index (χ3v) is 1.34. The molecule has 2 atom stereocenters. The lowest BCUT2D eigenvalue weighted by atomic mass is 10.4. The summed E-state index contributed by atoms with van der Waals surface area (Å²) in [6.07, 6.45) is 0.603. The zero-order valence-electron chi connectivity index (χ0n) is 3.87. The van der Waals surface area contributed by atoms with E-state index in [9.17, 15) is 8.78 Å². The van der Waals surface area contributed by atoms with E-state index in [0.717, 1.165) is 0 Å². The average Bonchev–Trinajstić information content (AvgIpc) is 1.67. The molecule has 0 N–H and O–H groups in total. The van der Waals surface area contributed by atoms with Crippen molar-refractivity contribution in [2.24, 2.45) is 0 Å². The topological polar surface area (TPSA) is 0 Å². The molecule has 48 valence electrons. The minimum Gasteiger partial charge on any atom is -0.225 e. The number of rotatable bonds is 2. The number of hydrogen-bond acceptors (Lipinski definition) is 0. The van der Waals surface area contributed by atoms with Crippen LogP contribution in [-0.4, -0.2) is 10.8 Å². The SMILES string of the molecule is C=CC(F)(Cl)C(F)Cl. The second-order valence-corrected chi connectivity index (χ2v) is 2.14. The fourth-order valence-electron chi connectivity index (χ4n) is 0.0891. The van der Waals surface area contributed by atoms with Crippen molar-refractivity contribution in [1.29, 1.82) is 0 Å². The molecule has 2 unspecified atom stereocenters. The molecule has 0 rings (SSSR count). The molecule has 0 amide bonds. The van der Waals surface area contributed by atoms with Gasteiger partial charge in [0, 0.05) is 0 Å². The van der Waals surface area contributed by atoms with E-state index in [1.165, 1.54) is 0 Å². The van der Waals surface area contributed by atoms with Gasteiger partial charge < -0.3 is 0 Å². The van der Waals surface area contributed by atoms with E-state index in [1.54, 1.807) is 0 Å². The van der Waals surface area contributed by atoms with Gasteiger partial charge in [0.1, 0.15) is 0 Å². The first-order valence-electron chi connectivity index (χ1n) is 1.80. The first-order chi connectivity index (χ1) is 3.50. The Kier molecular flexibility index (Phi) is 2.71. The van der Waals surface area contributed by atoms with Crippen LogP contribution in [0.4, 0.5) is 8.78 Å². The van der Waals surface area contributed by atoms with Crippen molar-refractivity contribution in [2.45, 2.75) is 10.8 Å². The lowest BCUT2D eigenvalue weighted by molar-refractivity contribution is 0.236. The zero-order valence-corrected chi connectivity index (χ0v) is 5.39. The Balaban J connectivity index is 3.90. The molecule has 0 aliphatic heterocycles. The Morgan fingerprint density at radius 3 is 2.12 bits per heavy atom. The van der Waals surface area contributed by atoms with Gasteiger partial charge in [-0.3, -0.25) is 0 Å². The fraction of sp³-hybridized carbons (Fsp3) is 0.500. The lowest BCUT2D eigenvalue weighted by Gasteiger charge is -2.10. The Labute approximate surface area is 56.1 Å². The van der Waals surface area contributed by atoms with Crippen LogP contribution in [0.2, 0.25) is 0 Å². The Morgan fingerprint density at radius 2 is 2.12 bits per heavy atom. The molecule has 0 saturated heterocycles. The van der Waals surface area contributed by atoms with Crippen molar-refractivity contribution < 1.29 is 8.78 Å². The van der Waals surface area contributed by atoms with Crippen molar-refractivity contribution in [3.05, 3.63) is 12.7 Å². The maximum Gasteiger partial charge on any atom is 0.246 e. The second-order valence-electron chi connectivity index (χ2n) is 1.18. The largest absolute Gasteiger partial charge is 0.246 e. The minimum atomic E-state index is -2.62. The van der Waals surface area contributed by atoms with Gasteiger partial charge in [-0.05, 0) is 6.08 Å². The molecule has 0 aromatic carbocycles. The first-order valence-corrected chi connectivity index (χ1v) is 2.61. The molecule has 0 saturated carbocycles. The summed E-state index contributed by atoms with van der Waals surface area (Å²) in [7, 11) is 0. The third kappa shape index (κ3) is 1.97. The van der Waals surface area contributed by atoms with E-state index in [-0.39, 0.29) is 0 Å². The third-order valence-electron chi connectivity index (χ3n) is 0.563.